The molecule has 0 saturated heterocycles. The van der Waals surface area contributed by atoms with Gasteiger partial charge in [-0.15, -0.1) is 11.3 Å². The molecule has 0 aliphatic rings. The number of para-hydroxylation sites is 1. The number of pyridine rings is 1. The molecular formula is C17H15N3O5S. The highest BCUT2D eigenvalue weighted by atomic mass is 32.1. The average molecular weight is 373 g/mol. The summed E-state index contributed by atoms with van der Waals surface area (Å²) >= 11 is 1.44. The van der Waals surface area contributed by atoms with Crippen molar-refractivity contribution in [1.82, 2.24) is 14.9 Å². The van der Waals surface area contributed by atoms with Crippen LogP contribution < -0.4 is 10.9 Å². The first-order valence-electron chi connectivity index (χ1n) is 7.64. The SMILES string of the molecule is Cc1nc(Cn2c(=O)c(C(=O)NCC(=O)O)c(O)c3ccccc32)cs1. The molecule has 0 saturated carbocycles. The minimum absolute atomic E-state index is 0.128. The van der Waals surface area contributed by atoms with Gasteiger partial charge in [0.2, 0.25) is 0 Å². The highest BCUT2D eigenvalue weighted by Gasteiger charge is 2.22. The van der Waals surface area contributed by atoms with Crippen LogP contribution >= 0.6 is 11.3 Å². The number of fused-ring (bicyclic) bond motifs is 1. The molecule has 2 aromatic heterocycles. The summed E-state index contributed by atoms with van der Waals surface area (Å²) in [5.41, 5.74) is -0.0931. The number of carboxylic acid groups (broad SMARTS) is 1. The number of benzene rings is 1. The van der Waals surface area contributed by atoms with Crippen LogP contribution in [0.3, 0.4) is 0 Å². The molecule has 8 nitrogen and oxygen atoms in total. The Balaban J connectivity index is 2.17. The molecule has 0 unspecified atom stereocenters. The minimum Gasteiger partial charge on any atom is -0.506 e. The van der Waals surface area contributed by atoms with Gasteiger partial charge in [0.15, 0.2) is 0 Å². The Hall–Kier alpha value is -3.20. The van der Waals surface area contributed by atoms with E-state index < -0.39 is 35.3 Å². The molecule has 0 aliphatic heterocycles. The zero-order chi connectivity index (χ0) is 18.8. The molecule has 3 aromatic rings. The predicted octanol–water partition coefficient (Wildman–Crippen LogP) is 1.33. The number of thiazole rings is 1. The lowest BCUT2D eigenvalue weighted by molar-refractivity contribution is -0.135. The van der Waals surface area contributed by atoms with E-state index in [4.69, 9.17) is 5.11 Å². The number of carbonyl (C=O) groups excluding carboxylic acids is 1. The molecule has 9 heteroatoms. The monoisotopic (exact) mass is 373 g/mol. The smallest absolute Gasteiger partial charge is 0.322 e. The first-order valence-corrected chi connectivity index (χ1v) is 8.52. The molecule has 134 valence electrons. The van der Waals surface area contributed by atoms with Crippen LogP contribution in [0.2, 0.25) is 0 Å². The van der Waals surface area contributed by atoms with Crippen molar-refractivity contribution in [2.75, 3.05) is 6.54 Å². The van der Waals surface area contributed by atoms with Crippen LogP contribution in [0.5, 0.6) is 5.75 Å². The van der Waals surface area contributed by atoms with Crippen molar-refractivity contribution in [3.05, 3.63) is 56.3 Å². The Morgan fingerprint density at radius 3 is 2.69 bits per heavy atom. The summed E-state index contributed by atoms with van der Waals surface area (Å²) in [6, 6.07) is 6.63. The molecule has 3 rings (SSSR count). The van der Waals surface area contributed by atoms with Gasteiger partial charge in [0, 0.05) is 10.8 Å². The number of aromatic hydroxyl groups is 1. The van der Waals surface area contributed by atoms with E-state index >= 15 is 0 Å². The number of nitrogens with one attached hydrogen (secondary N) is 1. The van der Waals surface area contributed by atoms with Crippen LogP contribution in [0.25, 0.3) is 10.9 Å². The fraction of sp³-hybridized carbons (Fsp3) is 0.176. The van der Waals surface area contributed by atoms with Gasteiger partial charge in [0.1, 0.15) is 17.9 Å². The first kappa shape index (κ1) is 17.6. The average Bonchev–Trinajstić information content (AvgIpc) is 3.02. The second-order valence-electron chi connectivity index (χ2n) is 5.57. The summed E-state index contributed by atoms with van der Waals surface area (Å²) in [7, 11) is 0. The maximum absolute atomic E-state index is 12.9. The van der Waals surface area contributed by atoms with E-state index in [0.717, 1.165) is 5.01 Å². The maximum atomic E-state index is 12.9. The molecule has 0 fully saturated rings. The van der Waals surface area contributed by atoms with Crippen LogP contribution in [-0.2, 0) is 11.3 Å². The van der Waals surface area contributed by atoms with Crippen LogP contribution in [-0.4, -0.2) is 38.2 Å². The highest BCUT2D eigenvalue weighted by Crippen LogP contribution is 2.26. The lowest BCUT2D eigenvalue weighted by Crippen LogP contribution is -2.36. The number of rotatable bonds is 5. The molecule has 0 aliphatic carbocycles. The summed E-state index contributed by atoms with van der Waals surface area (Å²) in [5, 5.41) is 24.2. The number of hydrogen-bond acceptors (Lipinski definition) is 6. The number of aromatic nitrogens is 2. The molecule has 2 heterocycles. The number of carbonyl (C=O) groups is 2. The zero-order valence-corrected chi connectivity index (χ0v) is 14.5. The van der Waals surface area contributed by atoms with Gasteiger partial charge in [0.25, 0.3) is 11.5 Å². The van der Waals surface area contributed by atoms with Gasteiger partial charge in [-0.05, 0) is 19.1 Å². The Bertz CT molecular complexity index is 1070. The largest absolute Gasteiger partial charge is 0.506 e. The van der Waals surface area contributed by atoms with E-state index in [1.807, 2.05) is 12.3 Å². The van der Waals surface area contributed by atoms with E-state index in [2.05, 4.69) is 10.3 Å². The van der Waals surface area contributed by atoms with Crippen LogP contribution in [0.15, 0.2) is 34.4 Å². The van der Waals surface area contributed by atoms with Gasteiger partial charge in [-0.1, -0.05) is 12.1 Å². The van der Waals surface area contributed by atoms with Gasteiger partial charge < -0.3 is 20.1 Å². The molecule has 0 atom stereocenters. The summed E-state index contributed by atoms with van der Waals surface area (Å²) in [5.74, 6) is -2.67. The van der Waals surface area contributed by atoms with Gasteiger partial charge in [0.05, 0.1) is 22.8 Å². The summed E-state index contributed by atoms with van der Waals surface area (Å²) in [6.45, 7) is 1.32. The number of nitrogens with zero attached hydrogens (tertiary/aromatic N) is 2. The number of aryl methyl sites for hydroxylation is 1. The van der Waals surface area contributed by atoms with Gasteiger partial charge >= 0.3 is 5.97 Å². The van der Waals surface area contributed by atoms with Crippen molar-refractivity contribution < 1.29 is 19.8 Å². The minimum atomic E-state index is -1.25. The molecule has 0 radical (unpaired) electrons. The highest BCUT2D eigenvalue weighted by molar-refractivity contribution is 7.09. The third-order valence-corrected chi connectivity index (χ3v) is 4.58. The molecule has 1 amide bonds. The van der Waals surface area contributed by atoms with Crippen LogP contribution in [0.4, 0.5) is 0 Å². The number of carboxylic acids is 1. The van der Waals surface area contributed by atoms with Gasteiger partial charge in [-0.3, -0.25) is 14.4 Å². The maximum Gasteiger partial charge on any atom is 0.322 e. The van der Waals surface area contributed by atoms with Crippen molar-refractivity contribution >= 4 is 34.1 Å². The third kappa shape index (κ3) is 3.29. The van der Waals surface area contributed by atoms with Crippen molar-refractivity contribution in [2.45, 2.75) is 13.5 Å². The van der Waals surface area contributed by atoms with Crippen molar-refractivity contribution in [1.29, 1.82) is 0 Å². The topological polar surface area (TPSA) is 122 Å². The Labute approximate surface area is 151 Å². The van der Waals surface area contributed by atoms with Crippen LogP contribution in [0.1, 0.15) is 21.1 Å². The molecule has 3 N–H and O–H groups in total. The van der Waals surface area contributed by atoms with Gasteiger partial charge in [-0.2, -0.15) is 0 Å². The van der Waals surface area contributed by atoms with E-state index in [1.165, 1.54) is 15.9 Å². The lowest BCUT2D eigenvalue weighted by Gasteiger charge is -2.14. The second kappa shape index (κ2) is 6.96. The lowest BCUT2D eigenvalue weighted by atomic mass is 10.1. The number of amides is 1. The molecule has 0 bridgehead atoms. The van der Waals surface area contributed by atoms with E-state index in [9.17, 15) is 19.5 Å². The Morgan fingerprint density at radius 2 is 2.04 bits per heavy atom. The Kier molecular flexibility index (Phi) is 4.72. The third-order valence-electron chi connectivity index (χ3n) is 3.76. The molecule has 1 aromatic carbocycles. The van der Waals surface area contributed by atoms with Crippen molar-refractivity contribution in [2.24, 2.45) is 0 Å². The van der Waals surface area contributed by atoms with E-state index in [0.29, 0.717) is 16.6 Å². The fourth-order valence-electron chi connectivity index (χ4n) is 2.64. The first-order chi connectivity index (χ1) is 12.4. The van der Waals surface area contributed by atoms with Crippen molar-refractivity contribution in [3.63, 3.8) is 0 Å². The Morgan fingerprint density at radius 1 is 1.31 bits per heavy atom. The fourth-order valence-corrected chi connectivity index (χ4v) is 3.24. The predicted molar refractivity (Wildman–Crippen MR) is 95.8 cm³/mol. The van der Waals surface area contributed by atoms with Crippen molar-refractivity contribution in [3.8, 4) is 5.75 Å². The normalized spacial score (nSPS) is 10.8. The van der Waals surface area contributed by atoms with Gasteiger partial charge in [-0.25, -0.2) is 4.98 Å². The summed E-state index contributed by atoms with van der Waals surface area (Å²) < 4.78 is 1.35. The quantitative estimate of drug-likeness (QED) is 0.620. The summed E-state index contributed by atoms with van der Waals surface area (Å²) in [4.78, 5) is 40.1. The summed E-state index contributed by atoms with van der Waals surface area (Å²) in [6.07, 6.45) is 0. The number of hydrogen-bond donors (Lipinski definition) is 3. The van der Waals surface area contributed by atoms with E-state index in [-0.39, 0.29) is 6.54 Å². The number of aliphatic carboxylic acids is 1. The standard InChI is InChI=1S/C17H15N3O5S/c1-9-19-10(8-26-9)7-20-12-5-3-2-4-11(12)15(23)14(17(20)25)16(24)18-6-13(21)22/h2-5,8,23H,6-7H2,1H3,(H,18,24)(H,21,22). The molecular weight excluding hydrogens is 358 g/mol. The van der Waals surface area contributed by atoms with Crippen LogP contribution in [0, 0.1) is 6.92 Å². The zero-order valence-electron chi connectivity index (χ0n) is 13.7. The second-order valence-corrected chi connectivity index (χ2v) is 6.63. The molecule has 26 heavy (non-hydrogen) atoms. The van der Waals surface area contributed by atoms with E-state index in [1.54, 1.807) is 24.3 Å². The molecule has 0 spiro atoms.